The number of hydrogen-bond acceptors (Lipinski definition) is 4. The molecule has 6 heteroatoms. The van der Waals surface area contributed by atoms with E-state index in [9.17, 15) is 9.90 Å². The second-order valence-electron chi connectivity index (χ2n) is 7.56. The number of hydrogen-bond donors (Lipinski definition) is 1. The minimum absolute atomic E-state index is 0.0302. The normalized spacial score (nSPS) is 23.6. The van der Waals surface area contributed by atoms with E-state index in [-0.39, 0.29) is 18.6 Å². The van der Waals surface area contributed by atoms with Gasteiger partial charge in [0.25, 0.3) is 0 Å². The fourth-order valence-corrected chi connectivity index (χ4v) is 3.19. The molecule has 0 aromatic rings. The molecule has 1 N–H and O–H groups in total. The van der Waals surface area contributed by atoms with E-state index in [1.807, 2.05) is 33.8 Å². The zero-order valence-corrected chi connectivity index (χ0v) is 15.3. The van der Waals surface area contributed by atoms with Gasteiger partial charge in [0.2, 0.25) is 8.32 Å². The number of ether oxygens (including phenoxy) is 1. The summed E-state index contributed by atoms with van der Waals surface area (Å²) in [6.07, 6.45) is 1.61. The molecule has 1 unspecified atom stereocenters. The van der Waals surface area contributed by atoms with Gasteiger partial charge in [-0.3, -0.25) is 4.90 Å². The Kier molecular flexibility index (Phi) is 5.49. The van der Waals surface area contributed by atoms with Crippen LogP contribution in [0.4, 0.5) is 4.79 Å². The van der Waals surface area contributed by atoms with Crippen molar-refractivity contribution in [1.29, 1.82) is 0 Å². The average molecular weight is 315 g/mol. The van der Waals surface area contributed by atoms with Crippen molar-refractivity contribution >= 4 is 14.4 Å². The SMILES string of the molecule is CC1C=C(O[Si](C)(C)C)CN(C(=O)OC(C)(C)C)[C@@H]1CO. The average Bonchev–Trinajstić information content (AvgIpc) is 2.23. The van der Waals surface area contributed by atoms with Crippen molar-refractivity contribution in [2.75, 3.05) is 13.2 Å². The molecule has 21 heavy (non-hydrogen) atoms. The lowest BCUT2D eigenvalue weighted by molar-refractivity contribution is 0.00113. The molecular formula is C15H29NO4Si. The summed E-state index contributed by atoms with van der Waals surface area (Å²) in [7, 11) is -1.73. The quantitative estimate of drug-likeness (QED) is 0.814. The van der Waals surface area contributed by atoms with E-state index < -0.39 is 20.0 Å². The maximum atomic E-state index is 12.4. The number of amides is 1. The van der Waals surface area contributed by atoms with Crippen LogP contribution in [0.25, 0.3) is 0 Å². The van der Waals surface area contributed by atoms with Crippen molar-refractivity contribution in [2.45, 2.75) is 59.0 Å². The zero-order chi connectivity index (χ0) is 16.4. The molecule has 0 radical (unpaired) electrons. The Hall–Kier alpha value is -1.01. The fraction of sp³-hybridized carbons (Fsp3) is 0.800. The van der Waals surface area contributed by atoms with Crippen LogP contribution >= 0.6 is 0 Å². The molecule has 0 fully saturated rings. The van der Waals surface area contributed by atoms with Crippen LogP contribution in [0.15, 0.2) is 11.8 Å². The van der Waals surface area contributed by atoms with Gasteiger partial charge in [0.05, 0.1) is 25.0 Å². The first kappa shape index (κ1) is 18.0. The molecule has 1 rings (SSSR count). The Morgan fingerprint density at radius 2 is 2.00 bits per heavy atom. The summed E-state index contributed by atoms with van der Waals surface area (Å²) in [6.45, 7) is 14.1. The van der Waals surface area contributed by atoms with Gasteiger partial charge in [-0.2, -0.15) is 0 Å². The molecule has 0 spiro atoms. The Morgan fingerprint density at radius 3 is 2.43 bits per heavy atom. The van der Waals surface area contributed by atoms with Gasteiger partial charge in [-0.15, -0.1) is 0 Å². The van der Waals surface area contributed by atoms with E-state index in [0.29, 0.717) is 6.54 Å². The number of nitrogens with zero attached hydrogens (tertiary/aromatic N) is 1. The Morgan fingerprint density at radius 1 is 1.43 bits per heavy atom. The molecule has 2 atom stereocenters. The predicted octanol–water partition coefficient (Wildman–Crippen LogP) is 2.97. The molecule has 5 nitrogen and oxygen atoms in total. The summed E-state index contributed by atoms with van der Waals surface area (Å²) in [5.41, 5.74) is -0.554. The minimum atomic E-state index is -1.73. The van der Waals surface area contributed by atoms with Gasteiger partial charge < -0.3 is 14.3 Å². The monoisotopic (exact) mass is 315 g/mol. The number of aliphatic hydroxyl groups excluding tert-OH is 1. The maximum Gasteiger partial charge on any atom is 0.411 e. The molecule has 0 aliphatic carbocycles. The van der Waals surface area contributed by atoms with Gasteiger partial charge in [-0.25, -0.2) is 4.79 Å². The number of aliphatic hydroxyl groups is 1. The second kappa shape index (κ2) is 6.40. The van der Waals surface area contributed by atoms with Gasteiger partial charge in [0.15, 0.2) is 0 Å². The van der Waals surface area contributed by atoms with Crippen LogP contribution in [-0.4, -0.2) is 49.2 Å². The molecular weight excluding hydrogens is 286 g/mol. The van der Waals surface area contributed by atoms with Crippen molar-refractivity contribution in [1.82, 2.24) is 4.90 Å². The summed E-state index contributed by atoms with van der Waals surface area (Å²) in [5.74, 6) is 0.833. The van der Waals surface area contributed by atoms with Crippen molar-refractivity contribution < 1.29 is 19.1 Å². The van der Waals surface area contributed by atoms with Crippen LogP contribution in [0.1, 0.15) is 27.7 Å². The van der Waals surface area contributed by atoms with E-state index in [1.54, 1.807) is 4.90 Å². The zero-order valence-electron chi connectivity index (χ0n) is 14.3. The molecule has 1 heterocycles. The van der Waals surface area contributed by atoms with Crippen LogP contribution < -0.4 is 0 Å². The lowest BCUT2D eigenvalue weighted by Crippen LogP contribution is -2.51. The van der Waals surface area contributed by atoms with Crippen molar-refractivity contribution in [2.24, 2.45) is 5.92 Å². The summed E-state index contributed by atoms with van der Waals surface area (Å²) in [4.78, 5) is 13.9. The van der Waals surface area contributed by atoms with Crippen LogP contribution in [0.5, 0.6) is 0 Å². The molecule has 122 valence electrons. The summed E-state index contributed by atoms with van der Waals surface area (Å²) >= 11 is 0. The predicted molar refractivity (Wildman–Crippen MR) is 85.5 cm³/mol. The Balaban J connectivity index is 2.92. The smallest absolute Gasteiger partial charge is 0.411 e. The number of carbonyl (C=O) groups is 1. The fourth-order valence-electron chi connectivity index (χ4n) is 2.27. The highest BCUT2D eigenvalue weighted by molar-refractivity contribution is 6.70. The molecule has 0 bridgehead atoms. The van der Waals surface area contributed by atoms with E-state index in [1.165, 1.54) is 0 Å². The van der Waals surface area contributed by atoms with Gasteiger partial charge in [0.1, 0.15) is 5.60 Å². The van der Waals surface area contributed by atoms with E-state index in [0.717, 1.165) is 5.76 Å². The molecule has 0 aromatic carbocycles. The maximum absolute atomic E-state index is 12.4. The van der Waals surface area contributed by atoms with E-state index >= 15 is 0 Å². The third-order valence-corrected chi connectivity index (χ3v) is 3.91. The highest BCUT2D eigenvalue weighted by Crippen LogP contribution is 2.26. The van der Waals surface area contributed by atoms with Crippen LogP contribution in [-0.2, 0) is 9.16 Å². The standard InChI is InChI=1S/C15H29NO4Si/c1-11-8-12(20-21(5,6)7)9-16(13(11)10-17)14(18)19-15(2,3)4/h8,11,13,17H,9-10H2,1-7H3/t11?,13-/m1/s1. The first-order valence-electron chi connectivity index (χ1n) is 7.43. The van der Waals surface area contributed by atoms with Gasteiger partial charge in [-0.1, -0.05) is 6.92 Å². The largest absolute Gasteiger partial charge is 0.546 e. The van der Waals surface area contributed by atoms with Gasteiger partial charge in [0, 0.05) is 5.92 Å². The molecule has 1 aliphatic heterocycles. The van der Waals surface area contributed by atoms with Crippen LogP contribution in [0, 0.1) is 5.92 Å². The summed E-state index contributed by atoms with van der Waals surface area (Å²) < 4.78 is 11.5. The first-order chi connectivity index (χ1) is 9.43. The Bertz CT molecular complexity index is 409. The van der Waals surface area contributed by atoms with Crippen molar-refractivity contribution in [3.05, 3.63) is 11.8 Å². The van der Waals surface area contributed by atoms with Crippen LogP contribution in [0.2, 0.25) is 19.6 Å². The lowest BCUT2D eigenvalue weighted by atomic mass is 9.96. The van der Waals surface area contributed by atoms with Crippen LogP contribution in [0.3, 0.4) is 0 Å². The third kappa shape index (κ3) is 5.71. The minimum Gasteiger partial charge on any atom is -0.546 e. The van der Waals surface area contributed by atoms with Gasteiger partial charge >= 0.3 is 6.09 Å². The molecule has 0 saturated carbocycles. The highest BCUT2D eigenvalue weighted by atomic mass is 28.4. The highest BCUT2D eigenvalue weighted by Gasteiger charge is 2.36. The second-order valence-corrected chi connectivity index (χ2v) is 12.0. The molecule has 1 amide bonds. The molecule has 0 aromatic heterocycles. The first-order valence-corrected chi connectivity index (χ1v) is 10.8. The third-order valence-electron chi connectivity index (χ3n) is 3.03. The van der Waals surface area contributed by atoms with Crippen molar-refractivity contribution in [3.8, 4) is 0 Å². The summed E-state index contributed by atoms with van der Waals surface area (Å²) in [6, 6.07) is -0.270. The number of carbonyl (C=O) groups excluding carboxylic acids is 1. The van der Waals surface area contributed by atoms with Gasteiger partial charge in [-0.05, 0) is 46.5 Å². The Labute approximate surface area is 129 Å². The van der Waals surface area contributed by atoms with Crippen molar-refractivity contribution in [3.63, 3.8) is 0 Å². The van der Waals surface area contributed by atoms with E-state index in [4.69, 9.17) is 9.16 Å². The van der Waals surface area contributed by atoms with E-state index in [2.05, 4.69) is 19.6 Å². The lowest BCUT2D eigenvalue weighted by Gasteiger charge is -2.39. The topological polar surface area (TPSA) is 59.0 Å². The molecule has 0 saturated heterocycles. The summed E-state index contributed by atoms with van der Waals surface area (Å²) in [5, 5.41) is 9.59. The molecule has 1 aliphatic rings. The number of rotatable bonds is 3.